The van der Waals surface area contributed by atoms with E-state index in [4.69, 9.17) is 0 Å². The van der Waals surface area contributed by atoms with Crippen LogP contribution in [0.15, 0.2) is 42.5 Å². The molecule has 6 heterocycles. The summed E-state index contributed by atoms with van der Waals surface area (Å²) in [6, 6.07) is 14.1. The summed E-state index contributed by atoms with van der Waals surface area (Å²) in [6.45, 7) is 10.5. The molecule has 3 atom stereocenters. The summed E-state index contributed by atoms with van der Waals surface area (Å²) in [6.07, 6.45) is 4.97. The third kappa shape index (κ3) is 5.74. The molecule has 4 amide bonds. The van der Waals surface area contributed by atoms with Gasteiger partial charge in [-0.05, 0) is 92.0 Å². The normalized spacial score (nSPS) is 24.1. The van der Waals surface area contributed by atoms with Crippen LogP contribution in [0.1, 0.15) is 118 Å². The number of piperidine rings is 2. The maximum atomic E-state index is 15.8. The molecule has 1 aliphatic carbocycles. The van der Waals surface area contributed by atoms with Gasteiger partial charge in [-0.3, -0.25) is 39.1 Å². The van der Waals surface area contributed by atoms with E-state index in [2.05, 4.69) is 59.1 Å². The summed E-state index contributed by atoms with van der Waals surface area (Å²) in [7, 11) is 0. The number of hydrogen-bond acceptors (Lipinski definition) is 9. The Balaban J connectivity index is 0.820. The number of piperazine rings is 1. The van der Waals surface area contributed by atoms with Gasteiger partial charge in [-0.15, -0.1) is 0 Å². The molecule has 5 aliphatic heterocycles. The van der Waals surface area contributed by atoms with E-state index in [9.17, 15) is 29.2 Å². The first-order chi connectivity index (χ1) is 28.4. The zero-order valence-corrected chi connectivity index (χ0v) is 33.5. The first kappa shape index (κ1) is 37.4. The second-order valence-electron chi connectivity index (χ2n) is 17.8. The fourth-order valence-corrected chi connectivity index (χ4v) is 11.0. The molecule has 59 heavy (non-hydrogen) atoms. The molecule has 0 radical (unpaired) electrons. The summed E-state index contributed by atoms with van der Waals surface area (Å²) < 4.78 is 15.8. The number of ketones is 1. The molecule has 0 spiro atoms. The maximum Gasteiger partial charge on any atom is 0.262 e. The third-order valence-electron chi connectivity index (χ3n) is 14.2. The van der Waals surface area contributed by atoms with E-state index in [0.717, 1.165) is 90.4 Å². The molecule has 1 aromatic heterocycles. The van der Waals surface area contributed by atoms with Gasteiger partial charge in [0.2, 0.25) is 11.8 Å². The summed E-state index contributed by atoms with van der Waals surface area (Å²) in [5, 5.41) is 12.5. The Morgan fingerprint density at radius 1 is 0.847 bits per heavy atom. The van der Waals surface area contributed by atoms with Crippen LogP contribution in [0.5, 0.6) is 0 Å². The van der Waals surface area contributed by atoms with Crippen molar-refractivity contribution in [1.29, 1.82) is 5.26 Å². The maximum absolute atomic E-state index is 15.8. The highest BCUT2D eigenvalue weighted by atomic mass is 19.1. The van der Waals surface area contributed by atoms with E-state index in [1.807, 2.05) is 17.0 Å². The van der Waals surface area contributed by atoms with E-state index in [1.54, 1.807) is 6.07 Å². The number of nitriles is 1. The predicted octanol–water partition coefficient (Wildman–Crippen LogP) is 5.58. The molecule has 4 saturated heterocycles. The van der Waals surface area contributed by atoms with Gasteiger partial charge in [-0.25, -0.2) is 4.39 Å². The third-order valence-corrected chi connectivity index (χ3v) is 14.2. The highest BCUT2D eigenvalue weighted by Crippen LogP contribution is 2.46. The van der Waals surface area contributed by atoms with Crippen LogP contribution in [-0.2, 0) is 21.4 Å². The molecule has 0 saturated carbocycles. The van der Waals surface area contributed by atoms with E-state index in [-0.39, 0.29) is 41.8 Å². The van der Waals surface area contributed by atoms with E-state index in [0.29, 0.717) is 35.8 Å². The number of imide groups is 2. The van der Waals surface area contributed by atoms with Crippen LogP contribution in [0.4, 0.5) is 15.8 Å². The SMILES string of the molecule is CCc1cc2c(cc1N1CCC(CN3C4CCC3CN(c3cc5c(cc3F)C(=O)N(C3CCC(=O)NC3=O)C5=O)C4)CC1)C(C)(C)c1[nH]c3cc(C#N)ccc3c1C2=O. The lowest BCUT2D eigenvalue weighted by Gasteiger charge is -2.45. The van der Waals surface area contributed by atoms with Crippen molar-refractivity contribution in [2.45, 2.75) is 89.3 Å². The quantitative estimate of drug-likeness (QED) is 0.239. The van der Waals surface area contributed by atoms with Crippen LogP contribution in [0.25, 0.3) is 10.9 Å². The number of nitrogens with zero attached hydrogens (tertiary/aromatic N) is 5. The number of hydrogen-bond donors (Lipinski definition) is 2. The number of fused-ring (bicyclic) bond motifs is 7. The fourth-order valence-electron chi connectivity index (χ4n) is 11.0. The van der Waals surface area contributed by atoms with Gasteiger partial charge >= 0.3 is 0 Å². The minimum Gasteiger partial charge on any atom is -0.371 e. The van der Waals surface area contributed by atoms with E-state index < -0.39 is 40.9 Å². The van der Waals surface area contributed by atoms with Gasteiger partial charge in [0.1, 0.15) is 11.9 Å². The topological polar surface area (TPSA) is 150 Å². The molecule has 2 N–H and O–H groups in total. The van der Waals surface area contributed by atoms with Crippen LogP contribution in [-0.4, -0.2) is 95.0 Å². The first-order valence-corrected chi connectivity index (χ1v) is 20.9. The lowest BCUT2D eigenvalue weighted by atomic mass is 9.70. The van der Waals surface area contributed by atoms with Crippen LogP contribution in [0, 0.1) is 23.1 Å². The number of carbonyl (C=O) groups is 5. The Morgan fingerprint density at radius 3 is 2.24 bits per heavy atom. The van der Waals surface area contributed by atoms with Crippen molar-refractivity contribution in [1.82, 2.24) is 20.1 Å². The largest absolute Gasteiger partial charge is 0.371 e. The van der Waals surface area contributed by atoms with Crippen molar-refractivity contribution >= 4 is 51.7 Å². The number of H-pyrrole nitrogens is 1. The van der Waals surface area contributed by atoms with Gasteiger partial charge < -0.3 is 14.8 Å². The number of carbonyl (C=O) groups excluding carboxylic acids is 5. The number of amides is 4. The number of anilines is 2. The number of aromatic amines is 1. The van der Waals surface area contributed by atoms with Gasteiger partial charge in [0.25, 0.3) is 11.8 Å². The minimum absolute atomic E-state index is 0.0206. The van der Waals surface area contributed by atoms with Crippen molar-refractivity contribution in [2.75, 3.05) is 42.5 Å². The van der Waals surface area contributed by atoms with Crippen LogP contribution in [0.2, 0.25) is 0 Å². The van der Waals surface area contributed by atoms with Crippen molar-refractivity contribution in [3.63, 3.8) is 0 Å². The highest BCUT2D eigenvalue weighted by Gasteiger charge is 2.47. The van der Waals surface area contributed by atoms with Crippen LogP contribution in [0.3, 0.4) is 0 Å². The number of nitrogens with one attached hydrogen (secondary N) is 2. The highest BCUT2D eigenvalue weighted by molar-refractivity contribution is 6.24. The van der Waals surface area contributed by atoms with E-state index >= 15 is 4.39 Å². The molecule has 3 unspecified atom stereocenters. The second-order valence-corrected chi connectivity index (χ2v) is 17.8. The number of benzene rings is 3. The lowest BCUT2D eigenvalue weighted by molar-refractivity contribution is -0.136. The first-order valence-electron chi connectivity index (χ1n) is 20.9. The fraction of sp³-hybridized carbons (Fsp3) is 0.435. The Hall–Kier alpha value is -5.87. The summed E-state index contributed by atoms with van der Waals surface area (Å²) in [5.74, 6) is -2.51. The Kier molecular flexibility index (Phi) is 8.62. The molecule has 2 bridgehead atoms. The van der Waals surface area contributed by atoms with Gasteiger partial charge in [0, 0.05) is 84.5 Å². The van der Waals surface area contributed by atoms with Crippen molar-refractivity contribution in [2.24, 2.45) is 5.92 Å². The van der Waals surface area contributed by atoms with Crippen LogP contribution < -0.4 is 15.1 Å². The molecule has 302 valence electrons. The second kappa shape index (κ2) is 13.6. The molecule has 3 aromatic carbocycles. The smallest absolute Gasteiger partial charge is 0.262 e. The van der Waals surface area contributed by atoms with Gasteiger partial charge in [0.05, 0.1) is 34.0 Å². The summed E-state index contributed by atoms with van der Waals surface area (Å²) in [5.41, 5.74) is 7.00. The minimum atomic E-state index is -1.10. The number of halogens is 1. The Bertz CT molecular complexity index is 2570. The molecule has 4 aromatic rings. The van der Waals surface area contributed by atoms with Crippen molar-refractivity contribution in [3.05, 3.63) is 92.9 Å². The average molecular weight is 796 g/mol. The van der Waals surface area contributed by atoms with Crippen molar-refractivity contribution < 1.29 is 28.4 Å². The monoisotopic (exact) mass is 795 g/mol. The lowest BCUT2D eigenvalue weighted by Crippen LogP contribution is -2.55. The standard InChI is InChI=1S/C46H46FN7O5/c1-4-26-16-32-33(46(2,3)42-40(41(32)56)29-8-5-25(20-48)15-35(29)49-42)19-37(26)51-13-11-24(12-14-51)21-53-27-6-7-28(53)23-52(22-27)38-18-31-30(17-34(38)47)44(58)54(45(31)59)36-9-10-39(55)50-43(36)57/h5,8,15-19,24,27-28,36,49H,4,6-7,9-14,21-23H2,1-3H3,(H,50,55,57). The Labute approximate surface area is 341 Å². The zero-order valence-electron chi connectivity index (χ0n) is 33.5. The molecule has 10 rings (SSSR count). The molecular formula is C46H46FN7O5. The zero-order chi connectivity index (χ0) is 41.1. The molecule has 4 fully saturated rings. The van der Waals surface area contributed by atoms with Gasteiger partial charge in [-0.1, -0.05) is 26.8 Å². The van der Waals surface area contributed by atoms with E-state index in [1.165, 1.54) is 17.3 Å². The Morgan fingerprint density at radius 2 is 1.56 bits per heavy atom. The van der Waals surface area contributed by atoms with Crippen molar-refractivity contribution in [3.8, 4) is 6.07 Å². The molecule has 6 aliphatic rings. The predicted molar refractivity (Wildman–Crippen MR) is 218 cm³/mol. The number of rotatable bonds is 6. The number of aromatic nitrogens is 1. The number of aryl methyl sites for hydroxylation is 1. The average Bonchev–Trinajstić information content (AvgIpc) is 3.81. The summed E-state index contributed by atoms with van der Waals surface area (Å²) in [4.78, 5) is 76.7. The van der Waals surface area contributed by atoms with Gasteiger partial charge in [-0.2, -0.15) is 5.26 Å². The summed E-state index contributed by atoms with van der Waals surface area (Å²) >= 11 is 0. The molecule has 12 nitrogen and oxygen atoms in total. The molecule has 13 heteroatoms. The van der Waals surface area contributed by atoms with Crippen LogP contribution >= 0.6 is 0 Å². The molecular weight excluding hydrogens is 750 g/mol. The van der Waals surface area contributed by atoms with Gasteiger partial charge in [0.15, 0.2) is 5.78 Å².